The van der Waals surface area contributed by atoms with Gasteiger partial charge in [-0.2, -0.15) is 0 Å². The number of carboxylic acid groups (broad SMARTS) is 1. The van der Waals surface area contributed by atoms with Crippen molar-refractivity contribution in [2.24, 2.45) is 5.73 Å². The van der Waals surface area contributed by atoms with E-state index >= 15 is 0 Å². The van der Waals surface area contributed by atoms with Gasteiger partial charge in [0.1, 0.15) is 11.8 Å². The monoisotopic (exact) mass is 181 g/mol. The van der Waals surface area contributed by atoms with Gasteiger partial charge >= 0.3 is 5.97 Å². The van der Waals surface area contributed by atoms with Crippen molar-refractivity contribution in [3.05, 3.63) is 29.8 Å². The highest BCUT2D eigenvalue weighted by Gasteiger charge is 2.13. The zero-order chi connectivity index (χ0) is 9.84. The van der Waals surface area contributed by atoms with E-state index in [1.165, 1.54) is 0 Å². The zero-order valence-electron chi connectivity index (χ0n) is 7.23. The van der Waals surface area contributed by atoms with Gasteiger partial charge in [0.25, 0.3) is 0 Å². The zero-order valence-corrected chi connectivity index (χ0v) is 7.23. The van der Waals surface area contributed by atoms with Crippen LogP contribution in [0.1, 0.15) is 11.6 Å². The maximum atomic E-state index is 10.5. The fraction of sp³-hybridized carbons (Fsp3) is 0.222. The molecule has 0 amide bonds. The molecule has 13 heavy (non-hydrogen) atoms. The van der Waals surface area contributed by atoms with E-state index in [2.05, 4.69) is 0 Å². The van der Waals surface area contributed by atoms with Crippen molar-refractivity contribution in [1.29, 1.82) is 0 Å². The van der Waals surface area contributed by atoms with Gasteiger partial charge in [-0.15, -0.1) is 0 Å². The molecule has 0 fully saturated rings. The standard InChI is InChI=1S/C9H11NO3/c1-13-7-4-2-6(3-5-7)8(10)9(11)12/h2-5,8H,10H2,1H3,(H,11,12)/t8-/m1/s1. The summed E-state index contributed by atoms with van der Waals surface area (Å²) in [5.41, 5.74) is 5.95. The van der Waals surface area contributed by atoms with Crippen LogP contribution in [0.5, 0.6) is 5.75 Å². The lowest BCUT2D eigenvalue weighted by Gasteiger charge is -2.06. The van der Waals surface area contributed by atoms with E-state index in [0.717, 1.165) is 0 Å². The minimum Gasteiger partial charge on any atom is -0.497 e. The first-order chi connectivity index (χ1) is 6.15. The van der Waals surface area contributed by atoms with Gasteiger partial charge < -0.3 is 15.6 Å². The number of hydrogen-bond acceptors (Lipinski definition) is 3. The molecule has 0 aliphatic carbocycles. The van der Waals surface area contributed by atoms with Gasteiger partial charge in [0.05, 0.1) is 7.11 Å². The van der Waals surface area contributed by atoms with Gasteiger partial charge in [-0.3, -0.25) is 4.79 Å². The highest BCUT2D eigenvalue weighted by molar-refractivity contribution is 5.75. The first-order valence-corrected chi connectivity index (χ1v) is 3.77. The van der Waals surface area contributed by atoms with Crippen molar-refractivity contribution in [2.75, 3.05) is 7.11 Å². The Balaban J connectivity index is 2.85. The summed E-state index contributed by atoms with van der Waals surface area (Å²) in [4.78, 5) is 10.5. The second kappa shape index (κ2) is 3.91. The fourth-order valence-electron chi connectivity index (χ4n) is 0.954. The van der Waals surface area contributed by atoms with Crippen LogP contribution < -0.4 is 10.5 Å². The van der Waals surface area contributed by atoms with Gasteiger partial charge in [0.15, 0.2) is 0 Å². The number of aliphatic carboxylic acids is 1. The lowest BCUT2D eigenvalue weighted by molar-refractivity contribution is -0.138. The molecule has 0 bridgehead atoms. The Morgan fingerprint density at radius 3 is 2.38 bits per heavy atom. The van der Waals surface area contributed by atoms with Gasteiger partial charge in [-0.1, -0.05) is 12.1 Å². The average molecular weight is 181 g/mol. The molecule has 3 N–H and O–H groups in total. The molecule has 1 rings (SSSR count). The normalized spacial score (nSPS) is 12.2. The summed E-state index contributed by atoms with van der Waals surface area (Å²) in [6.45, 7) is 0. The minimum absolute atomic E-state index is 0.563. The van der Waals surface area contributed by atoms with Crippen molar-refractivity contribution < 1.29 is 14.6 Å². The van der Waals surface area contributed by atoms with E-state index in [1.54, 1.807) is 31.4 Å². The van der Waals surface area contributed by atoms with Crippen LogP contribution in [-0.4, -0.2) is 18.2 Å². The summed E-state index contributed by atoms with van der Waals surface area (Å²) in [6.07, 6.45) is 0. The maximum absolute atomic E-state index is 10.5. The number of hydrogen-bond donors (Lipinski definition) is 2. The molecule has 4 heteroatoms. The van der Waals surface area contributed by atoms with Gasteiger partial charge in [0.2, 0.25) is 0 Å². The Kier molecular flexibility index (Phi) is 2.87. The summed E-state index contributed by atoms with van der Waals surface area (Å²) in [5, 5.41) is 8.61. The Morgan fingerprint density at radius 2 is 2.00 bits per heavy atom. The molecular formula is C9H11NO3. The minimum atomic E-state index is -1.04. The van der Waals surface area contributed by atoms with E-state index in [1.807, 2.05) is 0 Å². The summed E-state index contributed by atoms with van der Waals surface area (Å²) < 4.78 is 4.92. The van der Waals surface area contributed by atoms with E-state index < -0.39 is 12.0 Å². The SMILES string of the molecule is COc1ccc([C@@H](N)C(=O)O)cc1. The summed E-state index contributed by atoms with van der Waals surface area (Å²) in [5.74, 6) is -0.355. The van der Waals surface area contributed by atoms with Crippen LogP contribution in [0.2, 0.25) is 0 Å². The Bertz CT molecular complexity index is 294. The number of carbonyl (C=O) groups is 1. The van der Waals surface area contributed by atoms with Crippen LogP contribution in [0.15, 0.2) is 24.3 Å². The molecule has 0 aromatic heterocycles. The third kappa shape index (κ3) is 2.19. The first-order valence-electron chi connectivity index (χ1n) is 3.77. The molecule has 0 aliphatic rings. The first kappa shape index (κ1) is 9.54. The van der Waals surface area contributed by atoms with E-state index in [4.69, 9.17) is 15.6 Å². The van der Waals surface area contributed by atoms with Crippen LogP contribution in [0.3, 0.4) is 0 Å². The molecule has 0 saturated heterocycles. The van der Waals surface area contributed by atoms with Crippen LogP contribution in [0.4, 0.5) is 0 Å². The van der Waals surface area contributed by atoms with Crippen molar-refractivity contribution >= 4 is 5.97 Å². The van der Waals surface area contributed by atoms with Crippen molar-refractivity contribution in [3.63, 3.8) is 0 Å². The molecule has 1 atom stereocenters. The molecule has 0 aliphatic heterocycles. The Morgan fingerprint density at radius 1 is 1.46 bits per heavy atom. The van der Waals surface area contributed by atoms with Crippen molar-refractivity contribution in [2.45, 2.75) is 6.04 Å². The Hall–Kier alpha value is -1.55. The largest absolute Gasteiger partial charge is 0.497 e. The van der Waals surface area contributed by atoms with E-state index in [-0.39, 0.29) is 0 Å². The topological polar surface area (TPSA) is 72.5 Å². The fourth-order valence-corrected chi connectivity index (χ4v) is 0.954. The molecule has 70 valence electrons. The van der Waals surface area contributed by atoms with Crippen LogP contribution in [0.25, 0.3) is 0 Å². The summed E-state index contributed by atoms with van der Waals surface area (Å²) in [6, 6.07) is 5.66. The third-order valence-corrected chi connectivity index (χ3v) is 1.74. The molecular weight excluding hydrogens is 170 g/mol. The smallest absolute Gasteiger partial charge is 0.325 e. The molecule has 0 spiro atoms. The summed E-state index contributed by atoms with van der Waals surface area (Å²) >= 11 is 0. The predicted molar refractivity (Wildman–Crippen MR) is 47.6 cm³/mol. The van der Waals surface area contributed by atoms with E-state index in [9.17, 15) is 4.79 Å². The summed E-state index contributed by atoms with van der Waals surface area (Å²) in [7, 11) is 1.55. The maximum Gasteiger partial charge on any atom is 0.325 e. The van der Waals surface area contributed by atoms with Crippen LogP contribution in [-0.2, 0) is 4.79 Å². The molecule has 0 heterocycles. The van der Waals surface area contributed by atoms with Crippen molar-refractivity contribution in [1.82, 2.24) is 0 Å². The second-order valence-electron chi connectivity index (χ2n) is 2.59. The second-order valence-corrected chi connectivity index (χ2v) is 2.59. The molecule has 0 saturated carbocycles. The van der Waals surface area contributed by atoms with Crippen LogP contribution in [0, 0.1) is 0 Å². The van der Waals surface area contributed by atoms with Crippen LogP contribution >= 0.6 is 0 Å². The van der Waals surface area contributed by atoms with Gasteiger partial charge in [-0.25, -0.2) is 0 Å². The lowest BCUT2D eigenvalue weighted by atomic mass is 10.1. The molecule has 1 aromatic rings. The molecule has 0 unspecified atom stereocenters. The third-order valence-electron chi connectivity index (χ3n) is 1.74. The Labute approximate surface area is 75.9 Å². The van der Waals surface area contributed by atoms with Crippen molar-refractivity contribution in [3.8, 4) is 5.75 Å². The predicted octanol–water partition coefficient (Wildman–Crippen LogP) is 0.780. The number of methoxy groups -OCH3 is 1. The average Bonchev–Trinajstić information content (AvgIpc) is 2.17. The number of benzene rings is 1. The quantitative estimate of drug-likeness (QED) is 0.722. The number of rotatable bonds is 3. The highest BCUT2D eigenvalue weighted by Crippen LogP contribution is 2.15. The highest BCUT2D eigenvalue weighted by atomic mass is 16.5. The van der Waals surface area contributed by atoms with Gasteiger partial charge in [-0.05, 0) is 17.7 Å². The molecule has 4 nitrogen and oxygen atoms in total. The number of ether oxygens (including phenoxy) is 1. The molecule has 1 aromatic carbocycles. The number of carboxylic acids is 1. The molecule has 0 radical (unpaired) electrons. The lowest BCUT2D eigenvalue weighted by Crippen LogP contribution is -2.20. The van der Waals surface area contributed by atoms with Gasteiger partial charge in [0, 0.05) is 0 Å². The number of nitrogens with two attached hydrogens (primary N) is 1. The van der Waals surface area contributed by atoms with E-state index in [0.29, 0.717) is 11.3 Å².